The molecule has 1 aliphatic carbocycles. The van der Waals surface area contributed by atoms with Crippen molar-refractivity contribution in [1.29, 1.82) is 0 Å². The molecule has 0 aromatic rings. The summed E-state index contributed by atoms with van der Waals surface area (Å²) in [5, 5.41) is 10.5. The number of rotatable bonds is 13. The zero-order valence-corrected chi connectivity index (χ0v) is 15.1. The predicted octanol–water partition coefficient (Wildman–Crippen LogP) is 6.27. The van der Waals surface area contributed by atoms with Crippen molar-refractivity contribution in [2.24, 2.45) is 11.8 Å². The molecule has 128 valence electrons. The minimum atomic E-state index is -0.732. The normalized spacial score (nSPS) is 21.7. The third-order valence-corrected chi connectivity index (χ3v) is 5.65. The Morgan fingerprint density at radius 2 is 1.77 bits per heavy atom. The van der Waals surface area contributed by atoms with Gasteiger partial charge in [0.25, 0.3) is 0 Å². The average molecular weight is 327 g/mol. The van der Waals surface area contributed by atoms with Gasteiger partial charge in [0.2, 0.25) is 0 Å². The topological polar surface area (TPSA) is 37.3 Å². The summed E-state index contributed by atoms with van der Waals surface area (Å²) in [5.74, 6) is 1.33. The molecular formula is C19H34O2S. The van der Waals surface area contributed by atoms with Gasteiger partial charge in [-0.05, 0) is 30.1 Å². The maximum atomic E-state index is 10.4. The summed E-state index contributed by atoms with van der Waals surface area (Å²) in [5.41, 5.74) is 0. The van der Waals surface area contributed by atoms with Crippen molar-refractivity contribution in [1.82, 2.24) is 0 Å². The van der Waals surface area contributed by atoms with Crippen molar-refractivity contribution >= 4 is 17.7 Å². The van der Waals surface area contributed by atoms with Crippen LogP contribution in [0.3, 0.4) is 0 Å². The highest BCUT2D eigenvalue weighted by atomic mass is 32.2. The van der Waals surface area contributed by atoms with Gasteiger partial charge >= 0.3 is 5.97 Å². The zero-order valence-electron chi connectivity index (χ0n) is 14.3. The minimum absolute atomic E-state index is 0.181. The number of aliphatic carboxylic acids is 1. The molecule has 0 aromatic carbocycles. The van der Waals surface area contributed by atoms with Crippen LogP contribution in [0.4, 0.5) is 0 Å². The second kappa shape index (κ2) is 13.0. The number of thioether (sulfide) groups is 1. The van der Waals surface area contributed by atoms with Gasteiger partial charge in [-0.3, -0.25) is 4.79 Å². The molecule has 1 N–H and O–H groups in total. The summed E-state index contributed by atoms with van der Waals surface area (Å²) in [6, 6.07) is 0. The van der Waals surface area contributed by atoms with Crippen LogP contribution >= 0.6 is 11.8 Å². The number of carboxylic acids is 1. The van der Waals surface area contributed by atoms with Gasteiger partial charge in [-0.15, -0.1) is 11.8 Å². The Balaban J connectivity index is 2.06. The van der Waals surface area contributed by atoms with Crippen LogP contribution in [0.1, 0.15) is 84.0 Å². The molecule has 0 amide bonds. The van der Waals surface area contributed by atoms with E-state index in [-0.39, 0.29) is 5.75 Å². The molecule has 0 saturated heterocycles. The Morgan fingerprint density at radius 3 is 2.50 bits per heavy atom. The van der Waals surface area contributed by atoms with E-state index in [0.717, 1.165) is 18.3 Å². The summed E-state index contributed by atoms with van der Waals surface area (Å²) in [6.07, 6.45) is 18.7. The van der Waals surface area contributed by atoms with Gasteiger partial charge in [-0.1, -0.05) is 77.2 Å². The van der Waals surface area contributed by atoms with Crippen molar-refractivity contribution in [2.75, 3.05) is 5.75 Å². The van der Waals surface area contributed by atoms with E-state index in [2.05, 4.69) is 13.0 Å². The maximum absolute atomic E-state index is 10.4. The Morgan fingerprint density at radius 1 is 1.09 bits per heavy atom. The summed E-state index contributed by atoms with van der Waals surface area (Å²) in [6.45, 7) is 2.28. The Hall–Kier alpha value is -0.440. The molecule has 1 fully saturated rings. The van der Waals surface area contributed by atoms with Crippen LogP contribution in [0.5, 0.6) is 0 Å². The monoisotopic (exact) mass is 326 g/mol. The Kier molecular flexibility index (Phi) is 11.6. The highest BCUT2D eigenvalue weighted by Crippen LogP contribution is 2.38. The molecule has 1 saturated carbocycles. The lowest BCUT2D eigenvalue weighted by Gasteiger charge is -2.18. The molecule has 22 heavy (non-hydrogen) atoms. The Labute approximate surface area is 141 Å². The van der Waals surface area contributed by atoms with Gasteiger partial charge < -0.3 is 5.11 Å². The fourth-order valence-electron chi connectivity index (χ4n) is 3.63. The van der Waals surface area contributed by atoms with Crippen molar-refractivity contribution in [3.05, 3.63) is 11.5 Å². The summed E-state index contributed by atoms with van der Waals surface area (Å²) in [4.78, 5) is 10.4. The van der Waals surface area contributed by atoms with Gasteiger partial charge in [0.05, 0.1) is 5.75 Å². The second-order valence-electron chi connectivity index (χ2n) is 6.66. The van der Waals surface area contributed by atoms with E-state index in [4.69, 9.17) is 5.11 Å². The third kappa shape index (κ3) is 9.55. The molecular weight excluding hydrogens is 292 g/mol. The van der Waals surface area contributed by atoms with Crippen molar-refractivity contribution in [3.63, 3.8) is 0 Å². The van der Waals surface area contributed by atoms with Crippen LogP contribution in [0.2, 0.25) is 0 Å². The van der Waals surface area contributed by atoms with Crippen LogP contribution < -0.4 is 0 Å². The summed E-state index contributed by atoms with van der Waals surface area (Å²) in [7, 11) is 0. The lowest BCUT2D eigenvalue weighted by molar-refractivity contribution is -0.133. The summed E-state index contributed by atoms with van der Waals surface area (Å²) >= 11 is 1.39. The molecule has 0 bridgehead atoms. The number of hydrogen-bond acceptors (Lipinski definition) is 2. The molecule has 0 heterocycles. The van der Waals surface area contributed by atoms with Crippen LogP contribution in [0, 0.1) is 11.8 Å². The first-order valence-corrected chi connectivity index (χ1v) is 10.3. The zero-order chi connectivity index (χ0) is 16.0. The molecule has 1 rings (SSSR count). The number of allylic oxidation sites excluding steroid dienone is 1. The number of unbranched alkanes of at least 4 members (excludes halogenated alkanes) is 5. The largest absolute Gasteiger partial charge is 0.481 e. The Bertz CT molecular complexity index is 315. The molecule has 2 nitrogen and oxygen atoms in total. The molecule has 1 aliphatic rings. The van der Waals surface area contributed by atoms with E-state index in [1.807, 2.05) is 5.41 Å². The van der Waals surface area contributed by atoms with Crippen molar-refractivity contribution in [2.45, 2.75) is 84.0 Å². The first-order valence-electron chi connectivity index (χ1n) is 9.22. The number of carbonyl (C=O) groups is 1. The molecule has 3 heteroatoms. The standard InChI is InChI=1S/C19H34O2S/c1-2-3-4-5-6-7-11-17-13-10-14-18(17)12-8-9-15-22-16-19(20)21/h9,15,17-18H,2-8,10-14,16H2,1H3,(H,20,21)/b15-9+/t17-,18-/m0/s1. The van der Waals surface area contributed by atoms with Crippen LogP contribution in [0.15, 0.2) is 11.5 Å². The molecule has 2 atom stereocenters. The smallest absolute Gasteiger partial charge is 0.313 e. The fraction of sp³-hybridized carbons (Fsp3) is 0.842. The van der Waals surface area contributed by atoms with E-state index >= 15 is 0 Å². The highest BCUT2D eigenvalue weighted by Gasteiger charge is 2.25. The van der Waals surface area contributed by atoms with Gasteiger partial charge in [-0.25, -0.2) is 0 Å². The van der Waals surface area contributed by atoms with Crippen molar-refractivity contribution < 1.29 is 9.90 Å². The molecule has 0 spiro atoms. The van der Waals surface area contributed by atoms with Gasteiger partial charge in [0.15, 0.2) is 0 Å². The van der Waals surface area contributed by atoms with E-state index in [0.29, 0.717) is 0 Å². The fourth-order valence-corrected chi connectivity index (χ4v) is 4.14. The van der Waals surface area contributed by atoms with E-state index < -0.39 is 5.97 Å². The lowest BCUT2D eigenvalue weighted by atomic mass is 9.87. The SMILES string of the molecule is CCCCCCCC[C@H]1CCC[C@@H]1CC/C=C/SCC(=O)O. The van der Waals surface area contributed by atoms with E-state index in [1.165, 1.54) is 82.4 Å². The third-order valence-electron chi connectivity index (χ3n) is 4.85. The van der Waals surface area contributed by atoms with Gasteiger partial charge in [0.1, 0.15) is 0 Å². The first kappa shape index (κ1) is 19.6. The first-order chi connectivity index (χ1) is 10.7. The van der Waals surface area contributed by atoms with E-state index in [1.54, 1.807) is 0 Å². The average Bonchev–Trinajstić information content (AvgIpc) is 2.93. The lowest BCUT2D eigenvalue weighted by Crippen LogP contribution is -2.07. The molecule has 0 unspecified atom stereocenters. The predicted molar refractivity (Wildman–Crippen MR) is 97.3 cm³/mol. The van der Waals surface area contributed by atoms with Crippen LogP contribution in [0.25, 0.3) is 0 Å². The highest BCUT2D eigenvalue weighted by molar-refractivity contribution is 8.02. The molecule has 0 aromatic heterocycles. The number of carboxylic acid groups (broad SMARTS) is 1. The van der Waals surface area contributed by atoms with Crippen LogP contribution in [-0.2, 0) is 4.79 Å². The second-order valence-corrected chi connectivity index (χ2v) is 7.56. The maximum Gasteiger partial charge on any atom is 0.313 e. The molecule has 0 aliphatic heterocycles. The van der Waals surface area contributed by atoms with Crippen LogP contribution in [-0.4, -0.2) is 16.8 Å². The quantitative estimate of drug-likeness (QED) is 0.405. The number of hydrogen-bond donors (Lipinski definition) is 1. The van der Waals surface area contributed by atoms with E-state index in [9.17, 15) is 4.79 Å². The molecule has 0 radical (unpaired) electrons. The van der Waals surface area contributed by atoms with Gasteiger partial charge in [-0.2, -0.15) is 0 Å². The summed E-state index contributed by atoms with van der Waals surface area (Å²) < 4.78 is 0. The minimum Gasteiger partial charge on any atom is -0.481 e. The van der Waals surface area contributed by atoms with Gasteiger partial charge in [0, 0.05) is 0 Å². The van der Waals surface area contributed by atoms with Crippen molar-refractivity contribution in [3.8, 4) is 0 Å².